The molecule has 96 valence electrons. The standard InChI is InChI=1S/C12H13BrN2O3/c1-18-14-12(17)8-6-11(16)15(7-8)10-5-3-2-4-9(10)13/h2-5,8H,6-7H2,1H3,(H,14,17)/t8-/m0/s1. The van der Waals surface area contributed by atoms with Gasteiger partial charge in [-0.15, -0.1) is 0 Å². The predicted octanol–water partition coefficient (Wildman–Crippen LogP) is 1.48. The van der Waals surface area contributed by atoms with Gasteiger partial charge in [-0.05, 0) is 28.1 Å². The van der Waals surface area contributed by atoms with Crippen molar-refractivity contribution in [2.24, 2.45) is 5.92 Å². The summed E-state index contributed by atoms with van der Waals surface area (Å²) in [5.41, 5.74) is 3.05. The SMILES string of the molecule is CONC(=O)[C@H]1CC(=O)N(c2ccccc2Br)C1. The average Bonchev–Trinajstić information content (AvgIpc) is 2.72. The molecule has 2 amide bonds. The fourth-order valence-electron chi connectivity index (χ4n) is 1.97. The van der Waals surface area contributed by atoms with E-state index in [-0.39, 0.29) is 24.2 Å². The molecule has 1 saturated heterocycles. The van der Waals surface area contributed by atoms with Gasteiger partial charge in [0.2, 0.25) is 11.8 Å². The highest BCUT2D eigenvalue weighted by atomic mass is 79.9. The van der Waals surface area contributed by atoms with Crippen LogP contribution in [0.4, 0.5) is 5.69 Å². The molecule has 1 fully saturated rings. The molecule has 0 aliphatic carbocycles. The van der Waals surface area contributed by atoms with Crippen LogP contribution in [0, 0.1) is 5.92 Å². The van der Waals surface area contributed by atoms with Crippen molar-refractivity contribution in [1.82, 2.24) is 5.48 Å². The number of nitrogens with zero attached hydrogens (tertiary/aromatic N) is 1. The minimum atomic E-state index is -0.371. The van der Waals surface area contributed by atoms with Crippen LogP contribution in [0.3, 0.4) is 0 Å². The second-order valence-corrected chi connectivity index (χ2v) is 4.88. The van der Waals surface area contributed by atoms with E-state index in [2.05, 4.69) is 26.2 Å². The van der Waals surface area contributed by atoms with E-state index in [9.17, 15) is 9.59 Å². The molecule has 0 bridgehead atoms. The minimum Gasteiger partial charge on any atom is -0.310 e. The molecule has 1 atom stereocenters. The molecular weight excluding hydrogens is 300 g/mol. The molecule has 0 unspecified atom stereocenters. The maximum atomic E-state index is 11.9. The number of hydrogen-bond acceptors (Lipinski definition) is 3. The van der Waals surface area contributed by atoms with Crippen LogP contribution in [0.25, 0.3) is 0 Å². The van der Waals surface area contributed by atoms with Crippen molar-refractivity contribution in [3.63, 3.8) is 0 Å². The van der Waals surface area contributed by atoms with E-state index in [1.165, 1.54) is 7.11 Å². The van der Waals surface area contributed by atoms with Crippen molar-refractivity contribution in [3.8, 4) is 0 Å². The van der Waals surface area contributed by atoms with E-state index in [0.29, 0.717) is 6.54 Å². The summed E-state index contributed by atoms with van der Waals surface area (Å²) in [6.07, 6.45) is 0.205. The summed E-state index contributed by atoms with van der Waals surface area (Å²) >= 11 is 3.40. The quantitative estimate of drug-likeness (QED) is 0.860. The number of carbonyl (C=O) groups excluding carboxylic acids is 2. The van der Waals surface area contributed by atoms with Crippen molar-refractivity contribution in [2.45, 2.75) is 6.42 Å². The van der Waals surface area contributed by atoms with Crippen LogP contribution in [-0.2, 0) is 14.4 Å². The Morgan fingerprint density at radius 3 is 2.89 bits per heavy atom. The molecule has 1 heterocycles. The van der Waals surface area contributed by atoms with Crippen molar-refractivity contribution in [3.05, 3.63) is 28.7 Å². The van der Waals surface area contributed by atoms with Gasteiger partial charge >= 0.3 is 0 Å². The highest BCUT2D eigenvalue weighted by Gasteiger charge is 2.35. The summed E-state index contributed by atoms with van der Waals surface area (Å²) < 4.78 is 0.839. The number of benzene rings is 1. The molecule has 1 aliphatic heterocycles. The molecule has 0 spiro atoms. The van der Waals surface area contributed by atoms with Gasteiger partial charge in [0.15, 0.2) is 0 Å². The van der Waals surface area contributed by atoms with Crippen molar-refractivity contribution < 1.29 is 14.4 Å². The third-order valence-electron chi connectivity index (χ3n) is 2.84. The van der Waals surface area contributed by atoms with E-state index in [1.807, 2.05) is 24.3 Å². The second kappa shape index (κ2) is 5.49. The summed E-state index contributed by atoms with van der Waals surface area (Å²) in [7, 11) is 1.38. The Labute approximate surface area is 113 Å². The lowest BCUT2D eigenvalue weighted by Gasteiger charge is -2.18. The van der Waals surface area contributed by atoms with Gasteiger partial charge < -0.3 is 4.90 Å². The number of nitrogens with one attached hydrogen (secondary N) is 1. The van der Waals surface area contributed by atoms with Crippen molar-refractivity contribution in [1.29, 1.82) is 0 Å². The summed E-state index contributed by atoms with van der Waals surface area (Å²) in [4.78, 5) is 29.7. The smallest absolute Gasteiger partial charge is 0.248 e. The molecule has 1 N–H and O–H groups in total. The third-order valence-corrected chi connectivity index (χ3v) is 3.51. The minimum absolute atomic E-state index is 0.0573. The van der Waals surface area contributed by atoms with Crippen LogP contribution in [-0.4, -0.2) is 25.5 Å². The topological polar surface area (TPSA) is 58.6 Å². The molecule has 0 aromatic heterocycles. The Morgan fingerprint density at radius 2 is 2.22 bits per heavy atom. The maximum Gasteiger partial charge on any atom is 0.248 e. The molecule has 0 saturated carbocycles. The Bertz CT molecular complexity index is 478. The van der Waals surface area contributed by atoms with E-state index in [4.69, 9.17) is 0 Å². The van der Waals surface area contributed by atoms with E-state index >= 15 is 0 Å². The fourth-order valence-corrected chi connectivity index (χ4v) is 2.47. The number of carbonyl (C=O) groups is 2. The number of halogens is 1. The predicted molar refractivity (Wildman–Crippen MR) is 69.8 cm³/mol. The number of amides is 2. The highest BCUT2D eigenvalue weighted by Crippen LogP contribution is 2.31. The van der Waals surface area contributed by atoms with E-state index in [1.54, 1.807) is 4.90 Å². The van der Waals surface area contributed by atoms with Gasteiger partial charge in [0.25, 0.3) is 0 Å². The number of hydrogen-bond donors (Lipinski definition) is 1. The summed E-state index contributed by atoms with van der Waals surface area (Å²) in [5.74, 6) is -0.692. The zero-order chi connectivity index (χ0) is 13.1. The number of hydroxylamine groups is 1. The van der Waals surface area contributed by atoms with Gasteiger partial charge in [-0.25, -0.2) is 5.48 Å². The first kappa shape index (κ1) is 13.0. The van der Waals surface area contributed by atoms with Gasteiger partial charge in [0.05, 0.1) is 18.7 Å². The summed E-state index contributed by atoms with van der Waals surface area (Å²) in [6.45, 7) is 0.372. The Kier molecular flexibility index (Phi) is 3.98. The normalized spacial score (nSPS) is 19.1. The van der Waals surface area contributed by atoms with Crippen LogP contribution in [0.1, 0.15) is 6.42 Å². The van der Waals surface area contributed by atoms with Gasteiger partial charge in [-0.1, -0.05) is 12.1 Å². The molecule has 0 radical (unpaired) electrons. The van der Waals surface area contributed by atoms with E-state index < -0.39 is 0 Å². The summed E-state index contributed by atoms with van der Waals surface area (Å²) in [5, 5.41) is 0. The molecule has 2 rings (SSSR count). The van der Waals surface area contributed by atoms with Crippen LogP contribution in [0.2, 0.25) is 0 Å². The van der Waals surface area contributed by atoms with E-state index in [0.717, 1.165) is 10.2 Å². The maximum absolute atomic E-state index is 11.9. The molecular formula is C12H13BrN2O3. The fraction of sp³-hybridized carbons (Fsp3) is 0.333. The lowest BCUT2D eigenvalue weighted by atomic mass is 10.1. The Balaban J connectivity index is 2.15. The molecule has 1 aromatic carbocycles. The van der Waals surface area contributed by atoms with Gasteiger partial charge in [0, 0.05) is 17.4 Å². The van der Waals surface area contributed by atoms with Crippen molar-refractivity contribution >= 4 is 33.4 Å². The first-order valence-electron chi connectivity index (χ1n) is 5.51. The van der Waals surface area contributed by atoms with Gasteiger partial charge in [-0.3, -0.25) is 14.4 Å². The van der Waals surface area contributed by atoms with Gasteiger partial charge in [0.1, 0.15) is 0 Å². The molecule has 1 aromatic rings. The first-order chi connectivity index (χ1) is 8.63. The van der Waals surface area contributed by atoms with Crippen molar-refractivity contribution in [2.75, 3.05) is 18.6 Å². The lowest BCUT2D eigenvalue weighted by Crippen LogP contribution is -2.32. The largest absolute Gasteiger partial charge is 0.310 e. The second-order valence-electron chi connectivity index (χ2n) is 4.03. The Morgan fingerprint density at radius 1 is 1.50 bits per heavy atom. The molecule has 6 heteroatoms. The van der Waals surface area contributed by atoms with Crippen LogP contribution in [0.5, 0.6) is 0 Å². The average molecular weight is 313 g/mol. The molecule has 18 heavy (non-hydrogen) atoms. The number of rotatable bonds is 3. The zero-order valence-corrected chi connectivity index (χ0v) is 11.4. The lowest BCUT2D eigenvalue weighted by molar-refractivity contribution is -0.135. The highest BCUT2D eigenvalue weighted by molar-refractivity contribution is 9.10. The first-order valence-corrected chi connectivity index (χ1v) is 6.30. The number of para-hydroxylation sites is 1. The van der Waals surface area contributed by atoms with Crippen LogP contribution < -0.4 is 10.4 Å². The third kappa shape index (κ3) is 2.54. The van der Waals surface area contributed by atoms with Gasteiger partial charge in [-0.2, -0.15) is 0 Å². The molecule has 1 aliphatic rings. The molecule has 5 nitrogen and oxygen atoms in total. The number of anilines is 1. The summed E-state index contributed by atoms with van der Waals surface area (Å²) in [6, 6.07) is 7.45. The monoisotopic (exact) mass is 312 g/mol. The van der Waals surface area contributed by atoms with Crippen LogP contribution >= 0.6 is 15.9 Å². The Hall–Kier alpha value is -1.40. The zero-order valence-electron chi connectivity index (χ0n) is 9.85. The van der Waals surface area contributed by atoms with Crippen LogP contribution in [0.15, 0.2) is 28.7 Å².